The molecular weight excluding hydrogens is 335 g/mol. The second-order valence-corrected chi connectivity index (χ2v) is 5.84. The Labute approximate surface area is 144 Å². The van der Waals surface area contributed by atoms with E-state index in [0.29, 0.717) is 0 Å². The molecule has 0 aliphatic carbocycles. The Bertz CT molecular complexity index is 775. The monoisotopic (exact) mass is 352 g/mol. The largest absolute Gasteiger partial charge is 0.315 e. The molecule has 1 atom stereocenters. The lowest BCUT2D eigenvalue weighted by Gasteiger charge is -2.11. The highest BCUT2D eigenvalue weighted by atomic mass is 35.5. The second kappa shape index (κ2) is 7.44. The molecule has 0 spiro atoms. The smallest absolute Gasteiger partial charge is 0.315 e. The second-order valence-electron chi connectivity index (χ2n) is 5.41. The SMILES string of the molecule is CC[C@@H](C)n1nc(NC(=O)C(=O)Nc2cc(Cl)ccc2F)cc1C. The molecule has 128 valence electrons. The quantitative estimate of drug-likeness (QED) is 0.826. The fourth-order valence-corrected chi connectivity index (χ4v) is 2.29. The van der Waals surface area contributed by atoms with Crippen LogP contribution in [-0.2, 0) is 9.59 Å². The molecule has 2 amide bonds. The summed E-state index contributed by atoms with van der Waals surface area (Å²) in [5, 5.41) is 9.08. The van der Waals surface area contributed by atoms with Crippen LogP contribution in [0.4, 0.5) is 15.9 Å². The molecule has 0 radical (unpaired) electrons. The van der Waals surface area contributed by atoms with Crippen molar-refractivity contribution in [2.75, 3.05) is 10.6 Å². The number of amides is 2. The Morgan fingerprint density at radius 1 is 1.29 bits per heavy atom. The number of halogens is 2. The van der Waals surface area contributed by atoms with E-state index in [1.165, 1.54) is 12.1 Å². The third kappa shape index (κ3) is 4.11. The van der Waals surface area contributed by atoms with Crippen LogP contribution in [0.25, 0.3) is 0 Å². The first kappa shape index (κ1) is 17.9. The van der Waals surface area contributed by atoms with Gasteiger partial charge in [-0.3, -0.25) is 14.3 Å². The minimum Gasteiger partial charge on any atom is -0.315 e. The Kier molecular flexibility index (Phi) is 5.56. The first-order valence-corrected chi connectivity index (χ1v) is 7.83. The molecule has 24 heavy (non-hydrogen) atoms. The predicted octanol–water partition coefficient (Wildman–Crippen LogP) is 3.53. The first-order chi connectivity index (χ1) is 11.3. The molecule has 1 aromatic carbocycles. The fraction of sp³-hybridized carbons (Fsp3) is 0.312. The van der Waals surface area contributed by atoms with Crippen molar-refractivity contribution >= 4 is 34.9 Å². The van der Waals surface area contributed by atoms with Gasteiger partial charge in [-0.2, -0.15) is 5.10 Å². The van der Waals surface area contributed by atoms with Crippen molar-refractivity contribution in [1.29, 1.82) is 0 Å². The number of rotatable bonds is 4. The zero-order chi connectivity index (χ0) is 17.9. The van der Waals surface area contributed by atoms with E-state index < -0.39 is 17.6 Å². The highest BCUT2D eigenvalue weighted by Crippen LogP contribution is 2.20. The van der Waals surface area contributed by atoms with Crippen LogP contribution in [0.5, 0.6) is 0 Å². The highest BCUT2D eigenvalue weighted by Gasteiger charge is 2.18. The summed E-state index contributed by atoms with van der Waals surface area (Å²) in [5.41, 5.74) is 0.699. The van der Waals surface area contributed by atoms with E-state index in [0.717, 1.165) is 18.2 Å². The first-order valence-electron chi connectivity index (χ1n) is 7.45. The maximum atomic E-state index is 13.6. The van der Waals surface area contributed by atoms with Crippen LogP contribution in [0.1, 0.15) is 32.0 Å². The Balaban J connectivity index is 2.07. The highest BCUT2D eigenvalue weighted by molar-refractivity contribution is 6.43. The molecule has 2 rings (SSSR count). The molecule has 0 saturated heterocycles. The average molecular weight is 353 g/mol. The van der Waals surface area contributed by atoms with Gasteiger partial charge in [-0.25, -0.2) is 4.39 Å². The Morgan fingerprint density at radius 3 is 2.62 bits per heavy atom. The van der Waals surface area contributed by atoms with Gasteiger partial charge in [0, 0.05) is 22.8 Å². The van der Waals surface area contributed by atoms with Gasteiger partial charge in [0.1, 0.15) is 5.82 Å². The minimum absolute atomic E-state index is 0.163. The van der Waals surface area contributed by atoms with Crippen molar-refractivity contribution in [3.63, 3.8) is 0 Å². The molecule has 2 N–H and O–H groups in total. The van der Waals surface area contributed by atoms with Crippen molar-refractivity contribution in [2.24, 2.45) is 0 Å². The van der Waals surface area contributed by atoms with E-state index in [2.05, 4.69) is 15.7 Å². The van der Waals surface area contributed by atoms with E-state index in [1.807, 2.05) is 20.8 Å². The average Bonchev–Trinajstić information content (AvgIpc) is 2.90. The summed E-state index contributed by atoms with van der Waals surface area (Å²) in [6.45, 7) is 5.88. The Morgan fingerprint density at radius 2 is 1.96 bits per heavy atom. The predicted molar refractivity (Wildman–Crippen MR) is 90.6 cm³/mol. The summed E-state index contributed by atoms with van der Waals surface area (Å²) >= 11 is 5.74. The number of aromatic nitrogens is 2. The third-order valence-electron chi connectivity index (χ3n) is 3.56. The number of benzene rings is 1. The van der Waals surface area contributed by atoms with Crippen LogP contribution in [0, 0.1) is 12.7 Å². The maximum Gasteiger partial charge on any atom is 0.315 e. The summed E-state index contributed by atoms with van der Waals surface area (Å²) in [6.07, 6.45) is 0.879. The summed E-state index contributed by atoms with van der Waals surface area (Å²) in [7, 11) is 0. The van der Waals surface area contributed by atoms with E-state index >= 15 is 0 Å². The lowest BCUT2D eigenvalue weighted by Crippen LogP contribution is -2.29. The summed E-state index contributed by atoms with van der Waals surface area (Å²) in [5.74, 6) is -2.37. The number of anilines is 2. The molecule has 0 aliphatic heterocycles. The van der Waals surface area contributed by atoms with Gasteiger partial charge in [-0.05, 0) is 38.5 Å². The lowest BCUT2D eigenvalue weighted by molar-refractivity contribution is -0.133. The van der Waals surface area contributed by atoms with Crippen molar-refractivity contribution in [3.8, 4) is 0 Å². The number of nitrogens with zero attached hydrogens (tertiary/aromatic N) is 2. The van der Waals surface area contributed by atoms with Gasteiger partial charge in [0.25, 0.3) is 0 Å². The molecule has 1 aromatic heterocycles. The van der Waals surface area contributed by atoms with Gasteiger partial charge < -0.3 is 10.6 Å². The van der Waals surface area contributed by atoms with Crippen LogP contribution in [0.2, 0.25) is 5.02 Å². The fourth-order valence-electron chi connectivity index (χ4n) is 2.11. The zero-order valence-electron chi connectivity index (χ0n) is 13.6. The molecule has 0 saturated carbocycles. The van der Waals surface area contributed by atoms with Crippen LogP contribution in [0.15, 0.2) is 24.3 Å². The molecule has 0 fully saturated rings. The minimum atomic E-state index is -1.01. The van der Waals surface area contributed by atoms with Crippen molar-refractivity contribution in [3.05, 3.63) is 40.8 Å². The van der Waals surface area contributed by atoms with Gasteiger partial charge in [-0.15, -0.1) is 0 Å². The van der Waals surface area contributed by atoms with Crippen LogP contribution < -0.4 is 10.6 Å². The molecule has 8 heteroatoms. The number of hydrogen-bond donors (Lipinski definition) is 2. The van der Waals surface area contributed by atoms with E-state index in [1.54, 1.807) is 10.7 Å². The van der Waals surface area contributed by atoms with Crippen LogP contribution >= 0.6 is 11.6 Å². The number of carbonyl (C=O) groups is 2. The van der Waals surface area contributed by atoms with Crippen molar-refractivity contribution in [2.45, 2.75) is 33.2 Å². The topological polar surface area (TPSA) is 76.0 Å². The van der Waals surface area contributed by atoms with Crippen molar-refractivity contribution < 1.29 is 14.0 Å². The maximum absolute atomic E-state index is 13.6. The van der Waals surface area contributed by atoms with Gasteiger partial charge in [-0.1, -0.05) is 18.5 Å². The summed E-state index contributed by atoms with van der Waals surface area (Å²) < 4.78 is 15.4. The Hall–Kier alpha value is -2.41. The molecule has 6 nitrogen and oxygen atoms in total. The van der Waals surface area contributed by atoms with E-state index in [-0.39, 0.29) is 22.6 Å². The number of hydrogen-bond acceptors (Lipinski definition) is 3. The molecule has 0 unspecified atom stereocenters. The van der Waals surface area contributed by atoms with Gasteiger partial charge in [0.05, 0.1) is 5.69 Å². The molecule has 0 bridgehead atoms. The van der Waals surface area contributed by atoms with E-state index in [9.17, 15) is 14.0 Å². The van der Waals surface area contributed by atoms with Gasteiger partial charge >= 0.3 is 11.8 Å². The third-order valence-corrected chi connectivity index (χ3v) is 3.79. The number of carbonyl (C=O) groups excluding carboxylic acids is 2. The van der Waals surface area contributed by atoms with E-state index in [4.69, 9.17) is 11.6 Å². The molecule has 1 heterocycles. The number of aryl methyl sites for hydroxylation is 1. The standard InChI is InChI=1S/C16H18ClFN4O2/c1-4-9(2)22-10(3)7-14(21-22)20-16(24)15(23)19-13-8-11(17)5-6-12(13)18/h5-9H,4H2,1-3H3,(H,19,23)(H,20,21,24)/t9-/m1/s1. The summed E-state index contributed by atoms with van der Waals surface area (Å²) in [6, 6.07) is 5.51. The number of nitrogens with one attached hydrogen (secondary N) is 2. The van der Waals surface area contributed by atoms with Crippen LogP contribution in [-0.4, -0.2) is 21.6 Å². The zero-order valence-corrected chi connectivity index (χ0v) is 14.3. The van der Waals surface area contributed by atoms with Gasteiger partial charge in [0.2, 0.25) is 0 Å². The van der Waals surface area contributed by atoms with Crippen LogP contribution in [0.3, 0.4) is 0 Å². The normalized spacial score (nSPS) is 11.9. The lowest BCUT2D eigenvalue weighted by atomic mass is 10.2. The van der Waals surface area contributed by atoms with Crippen molar-refractivity contribution in [1.82, 2.24) is 9.78 Å². The molecular formula is C16H18ClFN4O2. The van der Waals surface area contributed by atoms with Gasteiger partial charge in [0.15, 0.2) is 5.82 Å². The molecule has 2 aromatic rings. The summed E-state index contributed by atoms with van der Waals surface area (Å²) in [4.78, 5) is 23.8. The molecule has 0 aliphatic rings.